The Labute approximate surface area is 139 Å². The van der Waals surface area contributed by atoms with Gasteiger partial charge in [-0.05, 0) is 18.2 Å². The first kappa shape index (κ1) is 14.8. The number of hydrogen-bond acceptors (Lipinski definition) is 1. The molecule has 3 aromatic rings. The second kappa shape index (κ2) is 5.67. The van der Waals surface area contributed by atoms with E-state index in [2.05, 4.69) is 29.1 Å². The van der Waals surface area contributed by atoms with Crippen molar-refractivity contribution in [1.29, 1.82) is 0 Å². The van der Waals surface area contributed by atoms with E-state index in [0.29, 0.717) is 13.1 Å². The number of para-hydroxylation sites is 2. The van der Waals surface area contributed by atoms with E-state index in [-0.39, 0.29) is 11.7 Å². The average molecular weight is 323 g/mol. The SMILES string of the molecule is Cn1c2c(c3ccccc31)CN(C(=O)Nc1ccccc1F)CC2. The van der Waals surface area contributed by atoms with Crippen LogP contribution >= 0.6 is 0 Å². The molecule has 0 atom stereocenters. The summed E-state index contributed by atoms with van der Waals surface area (Å²) >= 11 is 0. The minimum Gasteiger partial charge on any atom is -0.347 e. The molecule has 1 N–H and O–H groups in total. The highest BCUT2D eigenvalue weighted by Crippen LogP contribution is 2.30. The molecule has 2 aromatic carbocycles. The van der Waals surface area contributed by atoms with Gasteiger partial charge in [-0.2, -0.15) is 0 Å². The summed E-state index contributed by atoms with van der Waals surface area (Å²) in [6, 6.07) is 14.2. The van der Waals surface area contributed by atoms with Crippen molar-refractivity contribution in [2.45, 2.75) is 13.0 Å². The minimum absolute atomic E-state index is 0.214. The van der Waals surface area contributed by atoms with Gasteiger partial charge in [0.2, 0.25) is 0 Å². The molecule has 0 aliphatic carbocycles. The highest BCUT2D eigenvalue weighted by molar-refractivity contribution is 5.91. The maximum Gasteiger partial charge on any atom is 0.322 e. The molecule has 1 aliphatic heterocycles. The number of nitrogens with one attached hydrogen (secondary N) is 1. The lowest BCUT2D eigenvalue weighted by molar-refractivity contribution is 0.206. The number of fused-ring (bicyclic) bond motifs is 3. The molecule has 0 saturated carbocycles. The molecule has 0 unspecified atom stereocenters. The van der Waals surface area contributed by atoms with Crippen molar-refractivity contribution in [2.75, 3.05) is 11.9 Å². The Hall–Kier alpha value is -2.82. The molecule has 1 aromatic heterocycles. The smallest absolute Gasteiger partial charge is 0.322 e. The molecule has 5 heteroatoms. The second-order valence-electron chi connectivity index (χ2n) is 6.08. The largest absolute Gasteiger partial charge is 0.347 e. The van der Waals surface area contributed by atoms with Crippen molar-refractivity contribution in [3.63, 3.8) is 0 Å². The molecule has 1 aliphatic rings. The predicted octanol–water partition coefficient (Wildman–Crippen LogP) is 3.91. The first-order valence-corrected chi connectivity index (χ1v) is 8.01. The summed E-state index contributed by atoms with van der Waals surface area (Å²) in [4.78, 5) is 14.3. The van der Waals surface area contributed by atoms with Crippen molar-refractivity contribution in [1.82, 2.24) is 9.47 Å². The van der Waals surface area contributed by atoms with Gasteiger partial charge in [-0.25, -0.2) is 9.18 Å². The quantitative estimate of drug-likeness (QED) is 0.724. The van der Waals surface area contributed by atoms with Crippen LogP contribution in [-0.2, 0) is 20.0 Å². The zero-order chi connectivity index (χ0) is 16.7. The number of benzene rings is 2. The number of aromatic nitrogens is 1. The Morgan fingerprint density at radius 1 is 1.12 bits per heavy atom. The van der Waals surface area contributed by atoms with E-state index < -0.39 is 5.82 Å². The van der Waals surface area contributed by atoms with Crippen molar-refractivity contribution >= 4 is 22.6 Å². The summed E-state index contributed by atoms with van der Waals surface area (Å²) in [5.74, 6) is -0.422. The van der Waals surface area contributed by atoms with Crippen molar-refractivity contribution in [3.05, 3.63) is 65.6 Å². The molecule has 24 heavy (non-hydrogen) atoms. The summed E-state index contributed by atoms with van der Waals surface area (Å²) in [6.07, 6.45) is 0.797. The van der Waals surface area contributed by atoms with E-state index in [1.54, 1.807) is 23.1 Å². The molecule has 122 valence electrons. The van der Waals surface area contributed by atoms with Crippen LogP contribution in [0.3, 0.4) is 0 Å². The fraction of sp³-hybridized carbons (Fsp3) is 0.211. The Bertz CT molecular complexity index is 932. The second-order valence-corrected chi connectivity index (χ2v) is 6.08. The van der Waals surface area contributed by atoms with Crippen LogP contribution in [0.4, 0.5) is 14.9 Å². The number of hydrogen-bond donors (Lipinski definition) is 1. The van der Waals surface area contributed by atoms with Crippen LogP contribution in [0.2, 0.25) is 0 Å². The summed E-state index contributed by atoms with van der Waals surface area (Å²) in [7, 11) is 2.07. The van der Waals surface area contributed by atoms with Gasteiger partial charge in [-0.3, -0.25) is 0 Å². The maximum atomic E-state index is 13.7. The van der Waals surface area contributed by atoms with Crippen LogP contribution in [-0.4, -0.2) is 22.0 Å². The molecule has 4 rings (SSSR count). The summed E-state index contributed by atoms with van der Waals surface area (Å²) in [6.45, 7) is 1.16. The van der Waals surface area contributed by atoms with Gasteiger partial charge in [0, 0.05) is 48.7 Å². The Kier molecular flexibility index (Phi) is 3.49. The van der Waals surface area contributed by atoms with Crippen LogP contribution in [0.5, 0.6) is 0 Å². The number of anilines is 1. The highest BCUT2D eigenvalue weighted by atomic mass is 19.1. The van der Waals surface area contributed by atoms with E-state index in [1.165, 1.54) is 28.2 Å². The predicted molar refractivity (Wildman–Crippen MR) is 92.5 cm³/mol. The lowest BCUT2D eigenvalue weighted by Crippen LogP contribution is -2.39. The van der Waals surface area contributed by atoms with E-state index in [0.717, 1.165) is 6.42 Å². The van der Waals surface area contributed by atoms with Gasteiger partial charge >= 0.3 is 6.03 Å². The van der Waals surface area contributed by atoms with E-state index in [4.69, 9.17) is 0 Å². The first-order chi connectivity index (χ1) is 11.6. The van der Waals surface area contributed by atoms with Gasteiger partial charge in [-0.1, -0.05) is 30.3 Å². The third-order valence-electron chi connectivity index (χ3n) is 4.71. The topological polar surface area (TPSA) is 37.3 Å². The molecule has 2 amide bonds. The third-order valence-corrected chi connectivity index (χ3v) is 4.71. The molecule has 2 heterocycles. The zero-order valence-corrected chi connectivity index (χ0v) is 13.4. The number of carbonyl (C=O) groups is 1. The van der Waals surface area contributed by atoms with Gasteiger partial charge in [-0.15, -0.1) is 0 Å². The van der Waals surface area contributed by atoms with Crippen LogP contribution in [0.1, 0.15) is 11.3 Å². The molecule has 0 bridgehead atoms. The normalized spacial score (nSPS) is 13.8. The van der Waals surface area contributed by atoms with Gasteiger partial charge in [0.1, 0.15) is 5.82 Å². The number of amides is 2. The Morgan fingerprint density at radius 2 is 1.88 bits per heavy atom. The van der Waals surface area contributed by atoms with Gasteiger partial charge < -0.3 is 14.8 Å². The molecule has 0 fully saturated rings. The number of rotatable bonds is 1. The fourth-order valence-corrected chi connectivity index (χ4v) is 3.46. The van der Waals surface area contributed by atoms with Crippen LogP contribution < -0.4 is 5.32 Å². The molecular formula is C19H18FN3O. The fourth-order valence-electron chi connectivity index (χ4n) is 3.46. The zero-order valence-electron chi connectivity index (χ0n) is 13.4. The molecular weight excluding hydrogens is 305 g/mol. The van der Waals surface area contributed by atoms with Crippen LogP contribution in [0, 0.1) is 5.82 Å². The summed E-state index contributed by atoms with van der Waals surface area (Å²) in [5.41, 5.74) is 3.85. The summed E-state index contributed by atoms with van der Waals surface area (Å²) in [5, 5.41) is 3.85. The Balaban J connectivity index is 1.61. The lowest BCUT2D eigenvalue weighted by Gasteiger charge is -2.28. The minimum atomic E-state index is -0.422. The highest BCUT2D eigenvalue weighted by Gasteiger charge is 2.25. The maximum absolute atomic E-state index is 13.7. The first-order valence-electron chi connectivity index (χ1n) is 8.01. The number of carbonyl (C=O) groups excluding carboxylic acids is 1. The molecule has 0 spiro atoms. The molecule has 4 nitrogen and oxygen atoms in total. The van der Waals surface area contributed by atoms with E-state index >= 15 is 0 Å². The van der Waals surface area contributed by atoms with E-state index in [9.17, 15) is 9.18 Å². The van der Waals surface area contributed by atoms with Gasteiger partial charge in [0.25, 0.3) is 0 Å². The molecule has 0 saturated heterocycles. The standard InChI is InChI=1S/C19H18FN3O/c1-22-17-9-5-2-6-13(17)14-12-23(11-10-18(14)22)19(24)21-16-8-4-3-7-15(16)20/h2-9H,10-12H2,1H3,(H,21,24). The van der Waals surface area contributed by atoms with Crippen molar-refractivity contribution in [3.8, 4) is 0 Å². The number of nitrogens with zero attached hydrogens (tertiary/aromatic N) is 2. The van der Waals surface area contributed by atoms with Gasteiger partial charge in [0.05, 0.1) is 5.69 Å². The van der Waals surface area contributed by atoms with Crippen LogP contribution in [0.25, 0.3) is 10.9 Å². The number of urea groups is 1. The van der Waals surface area contributed by atoms with Crippen molar-refractivity contribution in [2.24, 2.45) is 7.05 Å². The molecule has 0 radical (unpaired) electrons. The number of aryl methyl sites for hydroxylation is 1. The van der Waals surface area contributed by atoms with Gasteiger partial charge in [0.15, 0.2) is 0 Å². The monoisotopic (exact) mass is 323 g/mol. The summed E-state index contributed by atoms with van der Waals surface area (Å²) < 4.78 is 15.9. The van der Waals surface area contributed by atoms with E-state index in [1.807, 2.05) is 12.1 Å². The lowest BCUT2D eigenvalue weighted by atomic mass is 10.0. The third kappa shape index (κ3) is 2.33. The average Bonchev–Trinajstić information content (AvgIpc) is 2.90. The number of halogens is 1. The van der Waals surface area contributed by atoms with Crippen LogP contribution in [0.15, 0.2) is 48.5 Å². The van der Waals surface area contributed by atoms with Crippen molar-refractivity contribution < 1.29 is 9.18 Å². The Morgan fingerprint density at radius 3 is 2.71 bits per heavy atom.